The lowest BCUT2D eigenvalue weighted by molar-refractivity contribution is -0.147. The average molecular weight is 414 g/mol. The molecule has 2 amide bonds. The molecule has 0 bridgehead atoms. The highest BCUT2D eigenvalue weighted by Gasteiger charge is 2.12. The van der Waals surface area contributed by atoms with Crippen LogP contribution in [0.25, 0.3) is 0 Å². The highest BCUT2D eigenvalue weighted by molar-refractivity contribution is 5.93. The van der Waals surface area contributed by atoms with E-state index in [1.165, 1.54) is 0 Å². The van der Waals surface area contributed by atoms with Crippen molar-refractivity contribution in [3.8, 4) is 11.5 Å². The lowest BCUT2D eigenvalue weighted by Crippen LogP contribution is -2.33. The Balaban J connectivity index is 1.75. The van der Waals surface area contributed by atoms with Crippen LogP contribution in [-0.2, 0) is 25.5 Å². The van der Waals surface area contributed by atoms with Gasteiger partial charge in [-0.05, 0) is 31.5 Å². The molecule has 30 heavy (non-hydrogen) atoms. The molecule has 0 aliphatic rings. The molecule has 0 aromatic heterocycles. The molecule has 160 valence electrons. The highest BCUT2D eigenvalue weighted by atomic mass is 16.5. The number of hydrogen-bond acceptors (Lipinski definition) is 6. The Morgan fingerprint density at radius 3 is 2.27 bits per heavy atom. The Kier molecular flexibility index (Phi) is 9.18. The van der Waals surface area contributed by atoms with Gasteiger partial charge in [0, 0.05) is 11.8 Å². The number of esters is 1. The summed E-state index contributed by atoms with van der Waals surface area (Å²) in [5, 5.41) is 5.09. The summed E-state index contributed by atoms with van der Waals surface area (Å²) < 4.78 is 15.9. The number of hydrogen-bond donors (Lipinski definition) is 2. The van der Waals surface area contributed by atoms with Crippen LogP contribution < -0.4 is 20.1 Å². The first-order chi connectivity index (χ1) is 14.5. The SMILES string of the molecule is CCOc1ccc(NC(=O)COC(=O)CNC(=O)Cc2ccccc2)cc1OCC. The van der Waals surface area contributed by atoms with Crippen LogP contribution in [0, 0.1) is 0 Å². The van der Waals surface area contributed by atoms with Crippen molar-refractivity contribution in [2.24, 2.45) is 0 Å². The molecule has 0 saturated heterocycles. The second kappa shape index (κ2) is 12.1. The summed E-state index contributed by atoms with van der Waals surface area (Å²) in [6.45, 7) is 3.87. The van der Waals surface area contributed by atoms with Crippen molar-refractivity contribution in [1.29, 1.82) is 0 Å². The van der Waals surface area contributed by atoms with Gasteiger partial charge in [0.15, 0.2) is 18.1 Å². The number of ether oxygens (including phenoxy) is 3. The van der Waals surface area contributed by atoms with Crippen molar-refractivity contribution >= 4 is 23.5 Å². The number of benzene rings is 2. The van der Waals surface area contributed by atoms with Gasteiger partial charge in [-0.15, -0.1) is 0 Å². The first-order valence-corrected chi connectivity index (χ1v) is 9.67. The van der Waals surface area contributed by atoms with Gasteiger partial charge in [0.25, 0.3) is 5.91 Å². The molecule has 8 nitrogen and oxygen atoms in total. The zero-order chi connectivity index (χ0) is 21.8. The second-order valence-corrected chi connectivity index (χ2v) is 6.18. The molecule has 2 aromatic rings. The minimum absolute atomic E-state index is 0.161. The van der Waals surface area contributed by atoms with E-state index in [1.54, 1.807) is 18.2 Å². The average Bonchev–Trinajstić information content (AvgIpc) is 2.73. The summed E-state index contributed by atoms with van der Waals surface area (Å²) in [6, 6.07) is 14.1. The van der Waals surface area contributed by atoms with E-state index >= 15 is 0 Å². The van der Waals surface area contributed by atoms with Crippen molar-refractivity contribution in [2.45, 2.75) is 20.3 Å². The first kappa shape index (κ1) is 22.7. The number of carbonyl (C=O) groups excluding carboxylic acids is 3. The third-order valence-corrected chi connectivity index (χ3v) is 3.83. The standard InChI is InChI=1S/C22H26N2O6/c1-3-28-18-11-10-17(13-19(18)29-4-2)24-21(26)15-30-22(27)14-23-20(25)12-16-8-6-5-7-9-16/h5-11,13H,3-4,12,14-15H2,1-2H3,(H,23,25)(H,24,26). The van der Waals surface area contributed by atoms with Gasteiger partial charge in [0.2, 0.25) is 5.91 Å². The lowest BCUT2D eigenvalue weighted by atomic mass is 10.1. The van der Waals surface area contributed by atoms with Gasteiger partial charge in [0.05, 0.1) is 19.6 Å². The minimum atomic E-state index is -0.701. The first-order valence-electron chi connectivity index (χ1n) is 9.67. The molecule has 0 aliphatic carbocycles. The monoisotopic (exact) mass is 414 g/mol. The predicted octanol–water partition coefficient (Wildman–Crippen LogP) is 2.32. The number of amides is 2. The number of anilines is 1. The van der Waals surface area contributed by atoms with Crippen molar-refractivity contribution in [2.75, 3.05) is 31.7 Å². The summed E-state index contributed by atoms with van der Waals surface area (Å²) in [5.74, 6) is -0.426. The van der Waals surface area contributed by atoms with E-state index in [-0.39, 0.29) is 18.9 Å². The van der Waals surface area contributed by atoms with Crippen LogP contribution in [0.5, 0.6) is 11.5 Å². The summed E-state index contributed by atoms with van der Waals surface area (Å²) >= 11 is 0. The molecule has 0 spiro atoms. The molecule has 0 radical (unpaired) electrons. The van der Waals surface area contributed by atoms with Crippen molar-refractivity contribution in [3.05, 3.63) is 54.1 Å². The van der Waals surface area contributed by atoms with Gasteiger partial charge in [0.1, 0.15) is 6.54 Å². The normalized spacial score (nSPS) is 10.1. The smallest absolute Gasteiger partial charge is 0.325 e. The van der Waals surface area contributed by atoms with Crippen molar-refractivity contribution in [3.63, 3.8) is 0 Å². The number of carbonyl (C=O) groups is 3. The zero-order valence-electron chi connectivity index (χ0n) is 17.1. The van der Waals surface area contributed by atoms with Gasteiger partial charge < -0.3 is 24.8 Å². The predicted molar refractivity (Wildman–Crippen MR) is 112 cm³/mol. The van der Waals surface area contributed by atoms with Gasteiger partial charge in [-0.3, -0.25) is 14.4 Å². The summed E-state index contributed by atoms with van der Waals surface area (Å²) in [4.78, 5) is 35.6. The molecule has 0 aliphatic heterocycles. The van der Waals surface area contributed by atoms with Crippen LogP contribution in [0.2, 0.25) is 0 Å². The Labute approximate surface area is 175 Å². The third-order valence-electron chi connectivity index (χ3n) is 3.83. The van der Waals surface area contributed by atoms with Crippen LogP contribution in [0.3, 0.4) is 0 Å². The van der Waals surface area contributed by atoms with E-state index in [0.29, 0.717) is 30.4 Å². The van der Waals surface area contributed by atoms with Crippen LogP contribution in [0.4, 0.5) is 5.69 Å². The molecule has 2 rings (SSSR count). The summed E-state index contributed by atoms with van der Waals surface area (Å²) in [5.41, 5.74) is 1.32. The van der Waals surface area contributed by atoms with Gasteiger partial charge >= 0.3 is 5.97 Å². The van der Waals surface area contributed by atoms with Crippen molar-refractivity contribution in [1.82, 2.24) is 5.32 Å². The molecule has 0 heterocycles. The molecule has 8 heteroatoms. The number of rotatable bonds is 11. The van der Waals surface area contributed by atoms with Crippen LogP contribution in [-0.4, -0.2) is 44.1 Å². The van der Waals surface area contributed by atoms with E-state index in [2.05, 4.69) is 10.6 Å². The van der Waals surface area contributed by atoms with Gasteiger partial charge in [-0.25, -0.2) is 0 Å². The molecular formula is C22H26N2O6. The minimum Gasteiger partial charge on any atom is -0.490 e. The maximum Gasteiger partial charge on any atom is 0.325 e. The summed E-state index contributed by atoms with van der Waals surface area (Å²) in [6.07, 6.45) is 0.161. The second-order valence-electron chi connectivity index (χ2n) is 6.18. The van der Waals surface area contributed by atoms with Gasteiger partial charge in [-0.1, -0.05) is 30.3 Å². The largest absolute Gasteiger partial charge is 0.490 e. The molecule has 2 aromatic carbocycles. The van der Waals surface area contributed by atoms with Crippen LogP contribution in [0.1, 0.15) is 19.4 Å². The maximum absolute atomic E-state index is 12.0. The fraction of sp³-hybridized carbons (Fsp3) is 0.318. The topological polar surface area (TPSA) is 103 Å². The highest BCUT2D eigenvalue weighted by Crippen LogP contribution is 2.30. The fourth-order valence-corrected chi connectivity index (χ4v) is 2.54. The zero-order valence-corrected chi connectivity index (χ0v) is 17.1. The van der Waals surface area contributed by atoms with Gasteiger partial charge in [-0.2, -0.15) is 0 Å². The van der Waals surface area contributed by atoms with Crippen LogP contribution >= 0.6 is 0 Å². The van der Waals surface area contributed by atoms with E-state index in [9.17, 15) is 14.4 Å². The molecule has 0 fully saturated rings. The van der Waals surface area contributed by atoms with Crippen molar-refractivity contribution < 1.29 is 28.6 Å². The molecular weight excluding hydrogens is 388 g/mol. The Morgan fingerprint density at radius 2 is 1.57 bits per heavy atom. The molecule has 2 N–H and O–H groups in total. The Bertz CT molecular complexity index is 854. The van der Waals surface area contributed by atoms with E-state index in [0.717, 1.165) is 5.56 Å². The molecule has 0 unspecified atom stereocenters. The molecule has 0 atom stereocenters. The molecule has 0 saturated carbocycles. The fourth-order valence-electron chi connectivity index (χ4n) is 2.54. The van der Waals surface area contributed by atoms with E-state index in [1.807, 2.05) is 44.2 Å². The Hall–Kier alpha value is -3.55. The van der Waals surface area contributed by atoms with Crippen LogP contribution in [0.15, 0.2) is 48.5 Å². The van der Waals surface area contributed by atoms with E-state index in [4.69, 9.17) is 14.2 Å². The third kappa shape index (κ3) is 7.83. The Morgan fingerprint density at radius 1 is 0.867 bits per heavy atom. The quantitative estimate of drug-likeness (QED) is 0.547. The maximum atomic E-state index is 12.0. The number of nitrogens with one attached hydrogen (secondary N) is 2. The van der Waals surface area contributed by atoms with E-state index < -0.39 is 18.5 Å². The lowest BCUT2D eigenvalue weighted by Gasteiger charge is -2.13. The summed E-state index contributed by atoms with van der Waals surface area (Å²) in [7, 11) is 0.